The molecule has 0 bridgehead atoms. The van der Waals surface area contributed by atoms with Crippen molar-refractivity contribution in [3.05, 3.63) is 7.11 Å². The normalized spacial score (nSPS) is 6.60. The Labute approximate surface area is 29.4 Å². The Morgan fingerprint density at radius 3 is 2.40 bits per heavy atom. The second-order valence-corrected chi connectivity index (χ2v) is 0.285. The van der Waals surface area contributed by atoms with E-state index in [9.17, 15) is 0 Å². The Balaban J connectivity index is 2.40. The SMILES string of the molecule is [CH2]OO[C]=O. The minimum absolute atomic E-state index is 0.983. The molecule has 0 aromatic rings. The monoisotopic (exact) mass is 74.0 g/mol. The zero-order valence-corrected chi connectivity index (χ0v) is 2.43. The summed E-state index contributed by atoms with van der Waals surface area (Å²) in [5.41, 5.74) is 0. The van der Waals surface area contributed by atoms with Crippen molar-refractivity contribution in [3.63, 3.8) is 0 Å². The van der Waals surface area contributed by atoms with E-state index in [4.69, 9.17) is 4.79 Å². The van der Waals surface area contributed by atoms with Crippen LogP contribution in [0.25, 0.3) is 0 Å². The first-order valence-electron chi connectivity index (χ1n) is 0.864. The summed E-state index contributed by atoms with van der Waals surface area (Å²) in [4.78, 5) is 15.8. The maximum atomic E-state index is 8.89. The lowest BCUT2D eigenvalue weighted by atomic mass is 11.6. The molecule has 2 radical (unpaired) electrons. The molecule has 3 nitrogen and oxygen atoms in total. The molecule has 28 valence electrons. The Morgan fingerprint density at radius 1 is 1.80 bits per heavy atom. The van der Waals surface area contributed by atoms with Crippen LogP contribution in [0, 0.1) is 7.11 Å². The van der Waals surface area contributed by atoms with Gasteiger partial charge in [-0.05, 0) is 0 Å². The molecule has 0 amide bonds. The third-order valence-electron chi connectivity index (χ3n) is 0.0929. The summed E-state index contributed by atoms with van der Waals surface area (Å²) in [6, 6.07) is 0. The number of rotatable bonds is 2. The molecule has 0 spiro atoms. The summed E-state index contributed by atoms with van der Waals surface area (Å²) in [6.45, 7) is 0.983. The maximum absolute atomic E-state index is 8.89. The third-order valence-corrected chi connectivity index (χ3v) is 0.0929. The van der Waals surface area contributed by atoms with E-state index >= 15 is 0 Å². The first-order valence-corrected chi connectivity index (χ1v) is 0.864. The van der Waals surface area contributed by atoms with E-state index in [0.717, 1.165) is 6.47 Å². The molecule has 0 atom stereocenters. The van der Waals surface area contributed by atoms with Crippen LogP contribution in [-0.4, -0.2) is 6.47 Å². The van der Waals surface area contributed by atoms with Gasteiger partial charge in [-0.2, -0.15) is 4.89 Å². The van der Waals surface area contributed by atoms with E-state index in [1.807, 2.05) is 0 Å². The molecule has 0 saturated heterocycles. The standard InChI is InChI=1S/C2H2O3/c1-4-5-2-3/h1H2. The summed E-state index contributed by atoms with van der Waals surface area (Å²) in [6.07, 6.45) is 0. The van der Waals surface area contributed by atoms with Gasteiger partial charge in [0.15, 0.2) is 0 Å². The first kappa shape index (κ1) is 4.43. The Morgan fingerprint density at radius 2 is 2.40 bits per heavy atom. The first-order chi connectivity index (χ1) is 2.41. The third kappa shape index (κ3) is 3.43. The van der Waals surface area contributed by atoms with Crippen LogP contribution in [0.1, 0.15) is 0 Å². The molecule has 0 aliphatic carbocycles. The zero-order valence-electron chi connectivity index (χ0n) is 2.43. The van der Waals surface area contributed by atoms with Crippen LogP contribution in [0.4, 0.5) is 0 Å². The van der Waals surface area contributed by atoms with Gasteiger partial charge in [0.1, 0.15) is 7.11 Å². The Bertz CT molecular complexity index is 26.1. The van der Waals surface area contributed by atoms with Gasteiger partial charge in [-0.1, -0.05) is 0 Å². The Hall–Kier alpha value is -0.570. The van der Waals surface area contributed by atoms with Gasteiger partial charge in [-0.3, -0.25) is 4.89 Å². The molecule has 0 aromatic carbocycles. The quantitative estimate of drug-likeness (QED) is 0.336. The van der Waals surface area contributed by atoms with E-state index < -0.39 is 0 Å². The van der Waals surface area contributed by atoms with Gasteiger partial charge >= 0.3 is 6.47 Å². The van der Waals surface area contributed by atoms with E-state index in [-0.39, 0.29) is 0 Å². The van der Waals surface area contributed by atoms with Gasteiger partial charge in [-0.15, -0.1) is 0 Å². The minimum Gasteiger partial charge on any atom is -0.285 e. The van der Waals surface area contributed by atoms with E-state index in [1.54, 1.807) is 0 Å². The summed E-state index contributed by atoms with van der Waals surface area (Å²) < 4.78 is 0. The molecule has 0 aliphatic rings. The number of hydrogen-bond acceptors (Lipinski definition) is 3. The highest BCUT2D eigenvalue weighted by atomic mass is 17.2. The van der Waals surface area contributed by atoms with Crippen molar-refractivity contribution < 1.29 is 14.6 Å². The van der Waals surface area contributed by atoms with Crippen molar-refractivity contribution in [1.82, 2.24) is 0 Å². The van der Waals surface area contributed by atoms with Crippen molar-refractivity contribution >= 4 is 6.47 Å². The van der Waals surface area contributed by atoms with E-state index in [0.29, 0.717) is 0 Å². The summed E-state index contributed by atoms with van der Waals surface area (Å²) in [5, 5.41) is 0. The topological polar surface area (TPSA) is 35.5 Å². The molecule has 3 heteroatoms. The highest BCUT2D eigenvalue weighted by molar-refractivity contribution is 5.36. The molecule has 5 heavy (non-hydrogen) atoms. The van der Waals surface area contributed by atoms with Gasteiger partial charge in [0.25, 0.3) is 0 Å². The highest BCUT2D eigenvalue weighted by Crippen LogP contribution is 1.59. The van der Waals surface area contributed by atoms with Gasteiger partial charge in [-0.25, -0.2) is 4.79 Å². The molecule has 0 fully saturated rings. The van der Waals surface area contributed by atoms with Crippen LogP contribution < -0.4 is 0 Å². The summed E-state index contributed by atoms with van der Waals surface area (Å²) in [5.74, 6) is 0. The zero-order chi connectivity index (χ0) is 4.12. The fourth-order valence-corrected chi connectivity index (χ4v) is 0.0241. The molecule has 0 heterocycles. The van der Waals surface area contributed by atoms with E-state index in [1.165, 1.54) is 0 Å². The average Bonchev–Trinajstić information content (AvgIpc) is 1.41. The second-order valence-electron chi connectivity index (χ2n) is 0.285. The predicted octanol–water partition coefficient (Wildman–Crippen LogP) is -0.207. The summed E-state index contributed by atoms with van der Waals surface area (Å²) >= 11 is 0. The lowest BCUT2D eigenvalue weighted by Crippen LogP contribution is -1.77. The van der Waals surface area contributed by atoms with E-state index in [2.05, 4.69) is 16.9 Å². The van der Waals surface area contributed by atoms with Crippen molar-refractivity contribution in [2.24, 2.45) is 0 Å². The van der Waals surface area contributed by atoms with Gasteiger partial charge in [0.05, 0.1) is 0 Å². The molecule has 0 saturated carbocycles. The maximum Gasteiger partial charge on any atom is 0.453 e. The van der Waals surface area contributed by atoms with Gasteiger partial charge < -0.3 is 0 Å². The lowest BCUT2D eigenvalue weighted by molar-refractivity contribution is -0.171. The van der Waals surface area contributed by atoms with Gasteiger partial charge in [0, 0.05) is 0 Å². The van der Waals surface area contributed by atoms with Crippen LogP contribution in [0.2, 0.25) is 0 Å². The van der Waals surface area contributed by atoms with Crippen LogP contribution >= 0.6 is 0 Å². The molecule has 0 N–H and O–H groups in total. The van der Waals surface area contributed by atoms with Gasteiger partial charge in [0.2, 0.25) is 0 Å². The predicted molar refractivity (Wildman–Crippen MR) is 13.2 cm³/mol. The molecule has 0 unspecified atom stereocenters. The summed E-state index contributed by atoms with van der Waals surface area (Å²) in [7, 11) is 2.69. The van der Waals surface area contributed by atoms with Crippen molar-refractivity contribution in [2.75, 3.05) is 0 Å². The van der Waals surface area contributed by atoms with Crippen LogP contribution in [0.5, 0.6) is 0 Å². The number of hydrogen-bond donors (Lipinski definition) is 0. The van der Waals surface area contributed by atoms with Crippen molar-refractivity contribution in [1.29, 1.82) is 0 Å². The highest BCUT2D eigenvalue weighted by Gasteiger charge is 1.65. The molecule has 0 aliphatic heterocycles. The second kappa shape index (κ2) is 3.43. The fraction of sp³-hybridized carbons (Fsp3) is 0. The molecule has 0 rings (SSSR count). The van der Waals surface area contributed by atoms with Crippen LogP contribution in [0.3, 0.4) is 0 Å². The molecule has 0 aromatic heterocycles. The fourth-order valence-electron chi connectivity index (χ4n) is 0.0241. The smallest absolute Gasteiger partial charge is 0.285 e. The molecular formula is C2H2O3. The van der Waals surface area contributed by atoms with Crippen LogP contribution in [0.15, 0.2) is 0 Å². The largest absolute Gasteiger partial charge is 0.453 e. The van der Waals surface area contributed by atoms with Crippen molar-refractivity contribution in [3.8, 4) is 0 Å². The average molecular weight is 74.0 g/mol. The van der Waals surface area contributed by atoms with Crippen LogP contribution in [-0.2, 0) is 14.6 Å². The Kier molecular flexibility index (Phi) is 3.04. The lowest BCUT2D eigenvalue weighted by Gasteiger charge is -1.76. The number of carbonyl (C=O) groups excluding carboxylic acids is 1. The molecular weight excluding hydrogens is 72.0 g/mol. The minimum atomic E-state index is 0.983. The van der Waals surface area contributed by atoms with Crippen molar-refractivity contribution in [2.45, 2.75) is 0 Å².